The summed E-state index contributed by atoms with van der Waals surface area (Å²) in [5.74, 6) is -0.646. The van der Waals surface area contributed by atoms with Gasteiger partial charge in [0.05, 0.1) is 5.25 Å². The van der Waals surface area contributed by atoms with E-state index in [4.69, 9.17) is 0 Å². The van der Waals surface area contributed by atoms with Crippen LogP contribution in [0.1, 0.15) is 16.7 Å². The monoisotopic (exact) mass is 531 g/mol. The number of nitrogens with zero attached hydrogens (tertiary/aromatic N) is 2. The van der Waals surface area contributed by atoms with Crippen LogP contribution in [0, 0.1) is 18.3 Å². The van der Waals surface area contributed by atoms with Gasteiger partial charge in [0.1, 0.15) is 16.7 Å². The van der Waals surface area contributed by atoms with Crippen LogP contribution in [0.3, 0.4) is 0 Å². The number of nitriles is 1. The van der Waals surface area contributed by atoms with E-state index in [1.807, 2.05) is 73.7 Å². The van der Waals surface area contributed by atoms with E-state index in [9.17, 15) is 14.9 Å². The average molecular weight is 532 g/mol. The van der Waals surface area contributed by atoms with E-state index in [1.165, 1.54) is 16.7 Å². The maximum Gasteiger partial charge on any atom is 0.264 e. The quantitative estimate of drug-likeness (QED) is 0.336. The number of hydrogen-bond donors (Lipinski definition) is 1. The van der Waals surface area contributed by atoms with Crippen LogP contribution in [0.25, 0.3) is 0 Å². The first-order valence-electron chi connectivity index (χ1n) is 10.7. The molecular weight excluding hydrogens is 510 g/mol. The number of hydrogen-bond acceptors (Lipinski definition) is 4. The zero-order chi connectivity index (χ0) is 24.1. The molecule has 4 rings (SSSR count). The maximum atomic E-state index is 13.5. The molecule has 1 aliphatic rings. The third-order valence-electron chi connectivity index (χ3n) is 5.39. The second kappa shape index (κ2) is 10.7. The molecule has 1 unspecified atom stereocenters. The summed E-state index contributed by atoms with van der Waals surface area (Å²) >= 11 is 4.69. The molecular formula is C27H22BrN3O2S. The number of carbonyl (C=O) groups is 2. The van der Waals surface area contributed by atoms with Crippen molar-refractivity contribution in [3.63, 3.8) is 0 Å². The molecule has 3 aromatic rings. The van der Waals surface area contributed by atoms with Crippen molar-refractivity contribution in [3.05, 3.63) is 111 Å². The minimum atomic E-state index is -0.500. The molecule has 0 aromatic heterocycles. The lowest BCUT2D eigenvalue weighted by Gasteiger charge is -2.19. The number of nitrogens with one attached hydrogen (secondary N) is 1. The predicted octanol–water partition coefficient (Wildman–Crippen LogP) is 5.50. The van der Waals surface area contributed by atoms with E-state index in [0.29, 0.717) is 23.7 Å². The summed E-state index contributed by atoms with van der Waals surface area (Å²) in [6, 6.07) is 26.8. The largest absolute Gasteiger partial charge is 0.347 e. The van der Waals surface area contributed by atoms with Crippen molar-refractivity contribution >= 4 is 45.2 Å². The van der Waals surface area contributed by atoms with Crippen LogP contribution in [0.2, 0.25) is 0 Å². The Kier molecular flexibility index (Phi) is 7.51. The van der Waals surface area contributed by atoms with Crippen molar-refractivity contribution in [3.8, 4) is 6.07 Å². The van der Waals surface area contributed by atoms with E-state index in [-0.39, 0.29) is 11.5 Å². The molecule has 1 fully saturated rings. The van der Waals surface area contributed by atoms with Crippen LogP contribution >= 0.6 is 27.7 Å². The van der Waals surface area contributed by atoms with Gasteiger partial charge in [-0.15, -0.1) is 0 Å². The van der Waals surface area contributed by atoms with Gasteiger partial charge < -0.3 is 5.32 Å². The van der Waals surface area contributed by atoms with Crippen molar-refractivity contribution in [2.45, 2.75) is 25.1 Å². The molecule has 0 spiro atoms. The van der Waals surface area contributed by atoms with E-state index >= 15 is 0 Å². The molecule has 0 radical (unpaired) electrons. The number of thioether (sulfide) groups is 1. The maximum absolute atomic E-state index is 13.5. The summed E-state index contributed by atoms with van der Waals surface area (Å²) in [6.07, 6.45) is 0.506. The highest BCUT2D eigenvalue weighted by molar-refractivity contribution is 9.10. The Morgan fingerprint density at radius 3 is 2.44 bits per heavy atom. The number of anilines is 1. The van der Waals surface area contributed by atoms with Gasteiger partial charge in [0, 0.05) is 16.7 Å². The summed E-state index contributed by atoms with van der Waals surface area (Å²) in [6.45, 7) is 2.30. The minimum absolute atomic E-state index is 0.0658. The van der Waals surface area contributed by atoms with Crippen molar-refractivity contribution < 1.29 is 9.59 Å². The van der Waals surface area contributed by atoms with Gasteiger partial charge in [-0.25, -0.2) is 0 Å². The fourth-order valence-electron chi connectivity index (χ4n) is 3.73. The fraction of sp³-hybridized carbons (Fsp3) is 0.148. The zero-order valence-electron chi connectivity index (χ0n) is 18.5. The molecule has 0 aliphatic carbocycles. The number of aryl methyl sites for hydroxylation is 1. The Bertz CT molecular complexity index is 1280. The van der Waals surface area contributed by atoms with Gasteiger partial charge in [0.25, 0.3) is 5.91 Å². The van der Waals surface area contributed by atoms with E-state index < -0.39 is 11.2 Å². The van der Waals surface area contributed by atoms with Gasteiger partial charge in [-0.3, -0.25) is 14.5 Å². The van der Waals surface area contributed by atoms with Crippen molar-refractivity contribution in [1.82, 2.24) is 5.32 Å². The molecule has 34 heavy (non-hydrogen) atoms. The molecule has 3 aromatic carbocycles. The average Bonchev–Trinajstić information content (AvgIpc) is 3.15. The molecule has 0 saturated carbocycles. The van der Waals surface area contributed by atoms with Crippen LogP contribution in [-0.2, 0) is 22.6 Å². The molecule has 7 heteroatoms. The summed E-state index contributed by atoms with van der Waals surface area (Å²) in [7, 11) is 0. The second-order valence-electron chi connectivity index (χ2n) is 7.91. The van der Waals surface area contributed by atoms with Gasteiger partial charge in [-0.05, 0) is 48.7 Å². The smallest absolute Gasteiger partial charge is 0.264 e. The van der Waals surface area contributed by atoms with Crippen LogP contribution in [0.15, 0.2) is 93.9 Å². The summed E-state index contributed by atoms with van der Waals surface area (Å²) in [4.78, 5) is 28.1. The third-order valence-corrected chi connectivity index (χ3v) is 7.18. The molecule has 170 valence electrons. The highest BCUT2D eigenvalue weighted by atomic mass is 79.9. The molecule has 1 atom stereocenters. The molecule has 0 bridgehead atoms. The molecule has 1 aliphatic heterocycles. The first kappa shape index (κ1) is 23.8. The number of halogens is 1. The highest BCUT2D eigenvalue weighted by Gasteiger charge is 2.40. The van der Waals surface area contributed by atoms with Gasteiger partial charge >= 0.3 is 0 Å². The van der Waals surface area contributed by atoms with E-state index in [1.54, 1.807) is 12.1 Å². The minimum Gasteiger partial charge on any atom is -0.347 e. The fourth-order valence-corrected chi connectivity index (χ4v) is 5.30. The predicted molar refractivity (Wildman–Crippen MR) is 139 cm³/mol. The van der Waals surface area contributed by atoms with Crippen molar-refractivity contribution in [1.29, 1.82) is 5.26 Å². The number of carbonyl (C=O) groups excluding carboxylic acids is 2. The Morgan fingerprint density at radius 1 is 1.06 bits per heavy atom. The molecule has 1 heterocycles. The number of benzene rings is 3. The van der Waals surface area contributed by atoms with E-state index in [0.717, 1.165) is 21.2 Å². The number of amides is 2. The lowest BCUT2D eigenvalue weighted by Crippen LogP contribution is -2.32. The lowest BCUT2D eigenvalue weighted by atomic mass is 10.1. The van der Waals surface area contributed by atoms with Gasteiger partial charge in [0.15, 0.2) is 0 Å². The summed E-state index contributed by atoms with van der Waals surface area (Å²) in [5.41, 5.74) is 3.63. The van der Waals surface area contributed by atoms with Crippen LogP contribution in [-0.4, -0.2) is 17.1 Å². The summed E-state index contributed by atoms with van der Waals surface area (Å²) < 4.78 is 0.874. The molecule has 2 amide bonds. The van der Waals surface area contributed by atoms with Gasteiger partial charge in [-0.2, -0.15) is 5.26 Å². The van der Waals surface area contributed by atoms with Gasteiger partial charge in [0.2, 0.25) is 5.91 Å². The Labute approximate surface area is 211 Å². The van der Waals surface area contributed by atoms with Crippen molar-refractivity contribution in [2.75, 3.05) is 4.90 Å². The third kappa shape index (κ3) is 5.41. The zero-order valence-corrected chi connectivity index (χ0v) is 20.9. The standard InChI is InChI=1S/C27H22BrN3O2S/c1-18-6-5-9-20(14-18)15-24-26(33)31(22-12-10-21(28)11-13-22)27(34-24)23(16-29)25(32)30-17-19-7-3-2-4-8-19/h2-14,24H,15,17H2,1H3,(H,30,32)/b27-23-. The Hall–Kier alpha value is -3.34. The Morgan fingerprint density at radius 2 is 1.76 bits per heavy atom. The number of rotatable bonds is 6. The van der Waals surface area contributed by atoms with Crippen LogP contribution < -0.4 is 10.2 Å². The molecule has 1 saturated heterocycles. The topological polar surface area (TPSA) is 73.2 Å². The van der Waals surface area contributed by atoms with Crippen molar-refractivity contribution in [2.24, 2.45) is 0 Å². The van der Waals surface area contributed by atoms with E-state index in [2.05, 4.69) is 27.3 Å². The lowest BCUT2D eigenvalue weighted by molar-refractivity contribution is -0.117. The van der Waals surface area contributed by atoms with Gasteiger partial charge in [-0.1, -0.05) is 87.9 Å². The highest BCUT2D eigenvalue weighted by Crippen LogP contribution is 2.42. The Balaban J connectivity index is 1.67. The van der Waals surface area contributed by atoms with Crippen LogP contribution in [0.4, 0.5) is 5.69 Å². The first-order chi connectivity index (χ1) is 16.5. The SMILES string of the molecule is Cc1cccc(CC2S/C(=C(/C#N)C(=O)NCc3ccccc3)N(c3ccc(Br)cc3)C2=O)c1. The molecule has 5 nitrogen and oxygen atoms in total. The first-order valence-corrected chi connectivity index (χ1v) is 12.4. The normalized spacial score (nSPS) is 16.8. The summed E-state index contributed by atoms with van der Waals surface area (Å²) in [5, 5.41) is 12.7. The molecule has 1 N–H and O–H groups in total. The van der Waals surface area contributed by atoms with Crippen LogP contribution in [0.5, 0.6) is 0 Å². The second-order valence-corrected chi connectivity index (χ2v) is 10.0.